The molecule has 1 saturated heterocycles. The molecule has 0 aliphatic carbocycles. The molecule has 0 atom stereocenters. The van der Waals surface area contributed by atoms with Crippen molar-refractivity contribution >= 4 is 23.6 Å². The lowest BCUT2D eigenvalue weighted by atomic mass is 10.1. The molecule has 2 aliphatic heterocycles. The molecular formula is C22H29N3O4. The summed E-state index contributed by atoms with van der Waals surface area (Å²) in [6.45, 7) is 4.13. The molecular weight excluding hydrogens is 370 g/mol. The Morgan fingerprint density at radius 3 is 2.62 bits per heavy atom. The molecule has 29 heavy (non-hydrogen) atoms. The van der Waals surface area contributed by atoms with Crippen LogP contribution in [0, 0.1) is 6.92 Å². The van der Waals surface area contributed by atoms with Crippen molar-refractivity contribution in [1.29, 1.82) is 0 Å². The minimum absolute atomic E-state index is 0.0975. The first-order chi connectivity index (χ1) is 14.0. The van der Waals surface area contributed by atoms with Gasteiger partial charge in [-0.3, -0.25) is 24.1 Å². The zero-order valence-corrected chi connectivity index (χ0v) is 17.0. The molecule has 0 aromatic heterocycles. The third-order valence-corrected chi connectivity index (χ3v) is 5.51. The van der Waals surface area contributed by atoms with E-state index in [4.69, 9.17) is 0 Å². The van der Waals surface area contributed by atoms with E-state index in [1.807, 2.05) is 17.9 Å². The van der Waals surface area contributed by atoms with E-state index >= 15 is 0 Å². The first-order valence-electron chi connectivity index (χ1n) is 10.5. The van der Waals surface area contributed by atoms with Gasteiger partial charge in [-0.05, 0) is 44.7 Å². The van der Waals surface area contributed by atoms with Crippen LogP contribution in [0.2, 0.25) is 0 Å². The van der Waals surface area contributed by atoms with Gasteiger partial charge in [0.25, 0.3) is 11.8 Å². The predicted molar refractivity (Wildman–Crippen MR) is 108 cm³/mol. The highest BCUT2D eigenvalue weighted by molar-refractivity contribution is 6.21. The number of likely N-dealkylation sites (tertiary alicyclic amines) is 1. The summed E-state index contributed by atoms with van der Waals surface area (Å²) in [5.74, 6) is -0.451. The molecule has 1 N–H and O–H groups in total. The van der Waals surface area contributed by atoms with E-state index in [2.05, 4.69) is 5.32 Å². The second-order valence-electron chi connectivity index (χ2n) is 7.81. The molecule has 2 aliphatic rings. The van der Waals surface area contributed by atoms with Crippen molar-refractivity contribution in [1.82, 2.24) is 15.1 Å². The number of aryl methyl sites for hydroxylation is 1. The number of benzene rings is 1. The van der Waals surface area contributed by atoms with Crippen molar-refractivity contribution in [3.8, 4) is 0 Å². The molecule has 1 aromatic rings. The number of nitrogens with zero attached hydrogens (tertiary/aromatic N) is 2. The smallest absolute Gasteiger partial charge is 0.261 e. The molecule has 1 fully saturated rings. The number of hydrogen-bond acceptors (Lipinski definition) is 4. The minimum atomic E-state index is -0.285. The average Bonchev–Trinajstić information content (AvgIpc) is 2.83. The molecule has 156 valence electrons. The first kappa shape index (κ1) is 21.0. The van der Waals surface area contributed by atoms with Crippen LogP contribution >= 0.6 is 0 Å². The second-order valence-corrected chi connectivity index (χ2v) is 7.81. The van der Waals surface area contributed by atoms with Crippen LogP contribution in [0.4, 0.5) is 0 Å². The summed E-state index contributed by atoms with van der Waals surface area (Å²) in [6.07, 6.45) is 5.18. The Kier molecular flexibility index (Phi) is 7.01. The van der Waals surface area contributed by atoms with Crippen LogP contribution in [0.15, 0.2) is 18.2 Å². The van der Waals surface area contributed by atoms with Crippen LogP contribution in [-0.4, -0.2) is 59.6 Å². The molecule has 0 radical (unpaired) electrons. The van der Waals surface area contributed by atoms with Crippen LogP contribution in [0.25, 0.3) is 0 Å². The standard InChI is InChI=1S/C22H29N3O4/c1-16-9-10-17-18(15-16)22(29)25(21(17)28)14-5-7-19(26)23-11-6-13-24-12-4-2-3-8-20(24)27/h9-10,15H,2-8,11-14H2,1H3,(H,23,26). The van der Waals surface area contributed by atoms with E-state index in [-0.39, 0.29) is 36.6 Å². The summed E-state index contributed by atoms with van der Waals surface area (Å²) >= 11 is 0. The van der Waals surface area contributed by atoms with E-state index in [9.17, 15) is 19.2 Å². The molecule has 0 spiro atoms. The van der Waals surface area contributed by atoms with Gasteiger partial charge in [0.05, 0.1) is 11.1 Å². The number of fused-ring (bicyclic) bond motifs is 1. The molecule has 0 bridgehead atoms. The summed E-state index contributed by atoms with van der Waals surface area (Å²) in [5.41, 5.74) is 1.82. The summed E-state index contributed by atoms with van der Waals surface area (Å²) in [7, 11) is 0. The Morgan fingerprint density at radius 1 is 1.00 bits per heavy atom. The lowest BCUT2D eigenvalue weighted by Gasteiger charge is -2.20. The molecule has 0 unspecified atom stereocenters. The summed E-state index contributed by atoms with van der Waals surface area (Å²) in [5, 5.41) is 2.86. The maximum atomic E-state index is 12.4. The predicted octanol–water partition coefficient (Wildman–Crippen LogP) is 2.28. The van der Waals surface area contributed by atoms with Gasteiger partial charge < -0.3 is 10.2 Å². The largest absolute Gasteiger partial charge is 0.356 e. The highest BCUT2D eigenvalue weighted by Gasteiger charge is 2.34. The van der Waals surface area contributed by atoms with Crippen molar-refractivity contribution < 1.29 is 19.2 Å². The number of carbonyl (C=O) groups excluding carboxylic acids is 4. The third-order valence-electron chi connectivity index (χ3n) is 5.51. The van der Waals surface area contributed by atoms with Gasteiger partial charge in [0.2, 0.25) is 11.8 Å². The summed E-state index contributed by atoms with van der Waals surface area (Å²) < 4.78 is 0. The number of amides is 4. The van der Waals surface area contributed by atoms with E-state index in [1.165, 1.54) is 4.90 Å². The van der Waals surface area contributed by atoms with Gasteiger partial charge in [-0.15, -0.1) is 0 Å². The normalized spacial score (nSPS) is 16.8. The Bertz CT molecular complexity index is 805. The summed E-state index contributed by atoms with van der Waals surface area (Å²) in [6, 6.07) is 5.24. The van der Waals surface area contributed by atoms with E-state index in [0.29, 0.717) is 37.1 Å². The Morgan fingerprint density at radius 2 is 1.79 bits per heavy atom. The maximum absolute atomic E-state index is 12.4. The number of imide groups is 1. The first-order valence-corrected chi connectivity index (χ1v) is 10.5. The molecule has 7 nitrogen and oxygen atoms in total. The Labute approximate surface area is 171 Å². The summed E-state index contributed by atoms with van der Waals surface area (Å²) in [4.78, 5) is 51.9. The number of hydrogen-bond donors (Lipinski definition) is 1. The number of rotatable bonds is 8. The van der Waals surface area contributed by atoms with Crippen LogP contribution in [0.1, 0.15) is 71.2 Å². The van der Waals surface area contributed by atoms with Gasteiger partial charge in [-0.25, -0.2) is 0 Å². The molecule has 2 heterocycles. The number of carbonyl (C=O) groups is 4. The van der Waals surface area contributed by atoms with E-state index in [1.54, 1.807) is 12.1 Å². The maximum Gasteiger partial charge on any atom is 0.261 e. The zero-order valence-electron chi connectivity index (χ0n) is 17.0. The van der Waals surface area contributed by atoms with Crippen LogP contribution in [0.5, 0.6) is 0 Å². The lowest BCUT2D eigenvalue weighted by molar-refractivity contribution is -0.130. The quantitative estimate of drug-likeness (QED) is 0.537. The van der Waals surface area contributed by atoms with Gasteiger partial charge in [-0.2, -0.15) is 0 Å². The molecule has 4 amide bonds. The molecule has 0 saturated carbocycles. The van der Waals surface area contributed by atoms with Gasteiger partial charge in [0.1, 0.15) is 0 Å². The monoisotopic (exact) mass is 399 g/mol. The van der Waals surface area contributed by atoms with Crippen molar-refractivity contribution in [2.24, 2.45) is 0 Å². The fourth-order valence-corrected chi connectivity index (χ4v) is 3.87. The average molecular weight is 399 g/mol. The third kappa shape index (κ3) is 5.22. The highest BCUT2D eigenvalue weighted by Crippen LogP contribution is 2.24. The Hall–Kier alpha value is -2.70. The van der Waals surface area contributed by atoms with E-state index in [0.717, 1.165) is 37.8 Å². The Balaban J connectivity index is 1.35. The van der Waals surface area contributed by atoms with Crippen molar-refractivity contribution in [3.63, 3.8) is 0 Å². The van der Waals surface area contributed by atoms with Crippen molar-refractivity contribution in [2.75, 3.05) is 26.2 Å². The molecule has 7 heteroatoms. The van der Waals surface area contributed by atoms with Crippen LogP contribution in [-0.2, 0) is 9.59 Å². The van der Waals surface area contributed by atoms with Crippen LogP contribution in [0.3, 0.4) is 0 Å². The van der Waals surface area contributed by atoms with Gasteiger partial charge in [-0.1, -0.05) is 18.1 Å². The van der Waals surface area contributed by atoms with Crippen LogP contribution < -0.4 is 5.32 Å². The van der Waals surface area contributed by atoms with Gasteiger partial charge >= 0.3 is 0 Å². The fraction of sp³-hybridized carbons (Fsp3) is 0.545. The highest BCUT2D eigenvalue weighted by atomic mass is 16.2. The van der Waals surface area contributed by atoms with Crippen molar-refractivity contribution in [3.05, 3.63) is 34.9 Å². The van der Waals surface area contributed by atoms with E-state index < -0.39 is 0 Å². The molecule has 3 rings (SSSR count). The fourth-order valence-electron chi connectivity index (χ4n) is 3.87. The van der Waals surface area contributed by atoms with Gasteiger partial charge in [0, 0.05) is 39.0 Å². The topological polar surface area (TPSA) is 86.8 Å². The lowest BCUT2D eigenvalue weighted by Crippen LogP contribution is -2.34. The SMILES string of the molecule is Cc1ccc2c(c1)C(=O)N(CCCC(=O)NCCCN1CCCCCC1=O)C2=O. The van der Waals surface area contributed by atoms with Crippen molar-refractivity contribution in [2.45, 2.75) is 51.9 Å². The second kappa shape index (κ2) is 9.67. The number of nitrogens with one attached hydrogen (secondary N) is 1. The zero-order chi connectivity index (χ0) is 20.8. The molecule has 1 aromatic carbocycles. The van der Waals surface area contributed by atoms with Gasteiger partial charge in [0.15, 0.2) is 0 Å². The minimum Gasteiger partial charge on any atom is -0.356 e.